The quantitative estimate of drug-likeness (QED) is 0.479. The van der Waals surface area contributed by atoms with E-state index in [-0.39, 0.29) is 23.2 Å². The molecule has 2 N–H and O–H groups in total. The van der Waals surface area contributed by atoms with Gasteiger partial charge in [-0.3, -0.25) is 9.89 Å². The van der Waals surface area contributed by atoms with Crippen molar-refractivity contribution in [2.24, 2.45) is 0 Å². The van der Waals surface area contributed by atoms with Crippen LogP contribution in [0, 0.1) is 13.8 Å². The van der Waals surface area contributed by atoms with E-state index in [1.807, 2.05) is 58.0 Å². The van der Waals surface area contributed by atoms with E-state index in [0.29, 0.717) is 59.2 Å². The molecule has 9 nitrogen and oxygen atoms in total. The van der Waals surface area contributed by atoms with Gasteiger partial charge in [-0.1, -0.05) is 12.1 Å². The Morgan fingerprint density at radius 1 is 1.11 bits per heavy atom. The number of ether oxygens (including phenoxy) is 2. The second-order valence-electron chi connectivity index (χ2n) is 9.58. The molecule has 0 saturated carbocycles. The summed E-state index contributed by atoms with van der Waals surface area (Å²) in [6.07, 6.45) is 0.363. The highest BCUT2D eigenvalue weighted by Gasteiger charge is 2.48. The Hall–Kier alpha value is -3.53. The van der Waals surface area contributed by atoms with Crippen LogP contribution in [0.2, 0.25) is 0 Å². The number of aromatic hydroxyl groups is 1. The fraction of sp³-hybridized carbons (Fsp3) is 0.407. The van der Waals surface area contributed by atoms with Crippen LogP contribution in [-0.4, -0.2) is 65.3 Å². The standard InChI is InChI=1S/C27H31N3O6S/c1-5-35-20-8-7-17(13-21(20)36-6-2)25-22-23(19-12-15(3)11-16(4)26(19)31)28-29-24(22)27(32)30(25)18-9-10-37(33,34)14-18/h7-8,11-13,18,25,31H,5-6,9-10,14H2,1-4H3,(H,28,29). The average molecular weight is 526 g/mol. The number of benzene rings is 2. The van der Waals surface area contributed by atoms with Gasteiger partial charge >= 0.3 is 0 Å². The van der Waals surface area contributed by atoms with Gasteiger partial charge in [0.2, 0.25) is 0 Å². The van der Waals surface area contributed by atoms with Crippen molar-refractivity contribution < 1.29 is 27.8 Å². The van der Waals surface area contributed by atoms with Gasteiger partial charge in [-0.2, -0.15) is 5.10 Å². The van der Waals surface area contributed by atoms with Gasteiger partial charge < -0.3 is 19.5 Å². The molecule has 0 bridgehead atoms. The maximum atomic E-state index is 13.8. The zero-order valence-corrected chi connectivity index (χ0v) is 22.2. The fourth-order valence-electron chi connectivity index (χ4n) is 5.45. The lowest BCUT2D eigenvalue weighted by atomic mass is 9.93. The Morgan fingerprint density at radius 2 is 1.84 bits per heavy atom. The lowest BCUT2D eigenvalue weighted by Crippen LogP contribution is -2.40. The van der Waals surface area contributed by atoms with Gasteiger partial charge in [-0.05, 0) is 69.0 Å². The maximum absolute atomic E-state index is 13.8. The van der Waals surface area contributed by atoms with E-state index in [1.54, 1.807) is 4.90 Å². The number of sulfone groups is 1. The number of hydrogen-bond donors (Lipinski definition) is 2. The third-order valence-electron chi connectivity index (χ3n) is 6.99. The minimum Gasteiger partial charge on any atom is -0.507 e. The number of aryl methyl sites for hydroxylation is 2. The predicted molar refractivity (Wildman–Crippen MR) is 139 cm³/mol. The van der Waals surface area contributed by atoms with E-state index in [9.17, 15) is 18.3 Å². The number of nitrogens with one attached hydrogen (secondary N) is 1. The van der Waals surface area contributed by atoms with Crippen LogP contribution in [0.1, 0.15) is 59.1 Å². The molecule has 2 atom stereocenters. The number of aromatic amines is 1. The lowest BCUT2D eigenvalue weighted by Gasteiger charge is -2.31. The predicted octanol–water partition coefficient (Wildman–Crippen LogP) is 3.93. The van der Waals surface area contributed by atoms with E-state index in [2.05, 4.69) is 10.2 Å². The van der Waals surface area contributed by atoms with Crippen LogP contribution >= 0.6 is 0 Å². The van der Waals surface area contributed by atoms with Crippen LogP contribution in [0.15, 0.2) is 30.3 Å². The van der Waals surface area contributed by atoms with Crippen LogP contribution in [0.4, 0.5) is 0 Å². The molecule has 0 aliphatic carbocycles. The zero-order chi connectivity index (χ0) is 26.5. The molecule has 1 saturated heterocycles. The second-order valence-corrected chi connectivity index (χ2v) is 11.8. The molecule has 0 radical (unpaired) electrons. The van der Waals surface area contributed by atoms with Crippen molar-refractivity contribution >= 4 is 15.7 Å². The minimum atomic E-state index is -3.25. The van der Waals surface area contributed by atoms with Crippen LogP contribution < -0.4 is 9.47 Å². The summed E-state index contributed by atoms with van der Waals surface area (Å²) in [7, 11) is -3.25. The number of nitrogens with zero attached hydrogens (tertiary/aromatic N) is 2. The Kier molecular flexibility index (Phi) is 6.39. The molecule has 37 heavy (non-hydrogen) atoms. The van der Waals surface area contributed by atoms with Crippen molar-refractivity contribution in [3.63, 3.8) is 0 Å². The van der Waals surface area contributed by atoms with Crippen molar-refractivity contribution in [2.45, 2.75) is 46.2 Å². The van der Waals surface area contributed by atoms with Gasteiger partial charge in [0.25, 0.3) is 5.91 Å². The summed E-state index contributed by atoms with van der Waals surface area (Å²) in [6.45, 7) is 8.42. The highest BCUT2D eigenvalue weighted by molar-refractivity contribution is 7.91. The summed E-state index contributed by atoms with van der Waals surface area (Å²) >= 11 is 0. The Bertz CT molecular complexity index is 1480. The number of H-pyrrole nitrogens is 1. The van der Waals surface area contributed by atoms with E-state index in [0.717, 1.165) is 11.1 Å². The van der Waals surface area contributed by atoms with Crippen molar-refractivity contribution in [1.29, 1.82) is 0 Å². The number of carbonyl (C=O) groups excluding carboxylic acids is 1. The van der Waals surface area contributed by atoms with Gasteiger partial charge in [0.15, 0.2) is 21.3 Å². The SMILES string of the molecule is CCOc1ccc(C2c3c(-c4cc(C)cc(C)c4O)n[nH]c3C(=O)N2C2CCS(=O)(=O)C2)cc1OCC. The van der Waals surface area contributed by atoms with E-state index >= 15 is 0 Å². The average Bonchev–Trinajstić information content (AvgIpc) is 3.51. The van der Waals surface area contributed by atoms with Crippen molar-refractivity contribution in [1.82, 2.24) is 15.1 Å². The van der Waals surface area contributed by atoms with Gasteiger partial charge in [0.05, 0.1) is 30.8 Å². The molecule has 1 aromatic heterocycles. The van der Waals surface area contributed by atoms with Gasteiger partial charge in [-0.15, -0.1) is 0 Å². The number of phenols is 1. The largest absolute Gasteiger partial charge is 0.507 e. The Balaban J connectivity index is 1.71. The molecule has 10 heteroatoms. The van der Waals surface area contributed by atoms with E-state index in [1.165, 1.54) is 0 Å². The van der Waals surface area contributed by atoms with E-state index < -0.39 is 21.9 Å². The second kappa shape index (κ2) is 9.41. The van der Waals surface area contributed by atoms with Crippen LogP contribution in [-0.2, 0) is 9.84 Å². The highest BCUT2D eigenvalue weighted by atomic mass is 32.2. The zero-order valence-electron chi connectivity index (χ0n) is 21.4. The first-order valence-electron chi connectivity index (χ1n) is 12.5. The highest BCUT2D eigenvalue weighted by Crippen LogP contribution is 2.48. The molecule has 1 fully saturated rings. The molecule has 5 rings (SSSR count). The Labute approximate surface area is 216 Å². The van der Waals surface area contributed by atoms with Gasteiger partial charge in [0.1, 0.15) is 17.1 Å². The topological polar surface area (TPSA) is 122 Å². The number of fused-ring (bicyclic) bond motifs is 1. The molecular formula is C27H31N3O6S. The number of phenolic OH excluding ortho intramolecular Hbond substituents is 1. The van der Waals surface area contributed by atoms with Crippen molar-refractivity contribution in [3.8, 4) is 28.5 Å². The molecule has 2 unspecified atom stereocenters. The van der Waals surface area contributed by atoms with Crippen LogP contribution in [0.5, 0.6) is 17.2 Å². The summed E-state index contributed by atoms with van der Waals surface area (Å²) in [4.78, 5) is 15.4. The fourth-order valence-corrected chi connectivity index (χ4v) is 7.16. The molecule has 3 aromatic rings. The summed E-state index contributed by atoms with van der Waals surface area (Å²) < 4.78 is 36.4. The number of hydrogen-bond acceptors (Lipinski definition) is 7. The molecule has 196 valence electrons. The number of amides is 1. The molecular weight excluding hydrogens is 494 g/mol. The summed E-state index contributed by atoms with van der Waals surface area (Å²) in [5, 5.41) is 18.3. The molecule has 3 heterocycles. The lowest BCUT2D eigenvalue weighted by molar-refractivity contribution is 0.0677. The number of rotatable bonds is 7. The smallest absolute Gasteiger partial charge is 0.273 e. The van der Waals surface area contributed by atoms with Gasteiger partial charge in [0, 0.05) is 17.2 Å². The maximum Gasteiger partial charge on any atom is 0.273 e. The molecule has 2 aromatic carbocycles. The molecule has 0 spiro atoms. The first-order chi connectivity index (χ1) is 17.6. The summed E-state index contributed by atoms with van der Waals surface area (Å²) in [6, 6.07) is 8.14. The third kappa shape index (κ3) is 4.33. The number of carbonyl (C=O) groups is 1. The normalized spacial score (nSPS) is 20.3. The first kappa shape index (κ1) is 25.1. The molecule has 1 amide bonds. The number of aromatic nitrogens is 2. The summed E-state index contributed by atoms with van der Waals surface area (Å²) in [5.74, 6) is 0.865. The van der Waals surface area contributed by atoms with Crippen molar-refractivity contribution in [2.75, 3.05) is 24.7 Å². The third-order valence-corrected chi connectivity index (χ3v) is 8.74. The Morgan fingerprint density at radius 3 is 2.51 bits per heavy atom. The van der Waals surface area contributed by atoms with E-state index in [4.69, 9.17) is 9.47 Å². The van der Waals surface area contributed by atoms with Gasteiger partial charge in [-0.25, -0.2) is 8.42 Å². The van der Waals surface area contributed by atoms with Crippen molar-refractivity contribution in [3.05, 3.63) is 58.3 Å². The molecule has 2 aliphatic rings. The molecule has 2 aliphatic heterocycles. The monoisotopic (exact) mass is 525 g/mol. The van der Waals surface area contributed by atoms with Crippen LogP contribution in [0.3, 0.4) is 0 Å². The summed E-state index contributed by atoms with van der Waals surface area (Å²) in [5.41, 5.74) is 4.29. The minimum absolute atomic E-state index is 0.0402. The first-order valence-corrected chi connectivity index (χ1v) is 14.3. The van der Waals surface area contributed by atoms with Crippen LogP contribution in [0.25, 0.3) is 11.3 Å².